The van der Waals surface area contributed by atoms with Gasteiger partial charge in [0, 0.05) is 16.6 Å². The van der Waals surface area contributed by atoms with Gasteiger partial charge in [-0.3, -0.25) is 4.79 Å². The fourth-order valence-electron chi connectivity index (χ4n) is 2.73. The van der Waals surface area contributed by atoms with Crippen molar-refractivity contribution >= 4 is 37.5 Å². The van der Waals surface area contributed by atoms with Crippen molar-refractivity contribution in [3.8, 4) is 5.75 Å². The summed E-state index contributed by atoms with van der Waals surface area (Å²) in [6, 6.07) is 13.6. The van der Waals surface area contributed by atoms with E-state index in [1.165, 1.54) is 19.2 Å². The van der Waals surface area contributed by atoms with E-state index in [4.69, 9.17) is 4.74 Å². The molecule has 0 spiro atoms. The molecule has 0 bridgehead atoms. The maximum atomic E-state index is 14.2. The lowest BCUT2D eigenvalue weighted by molar-refractivity contribution is 0.102. The van der Waals surface area contributed by atoms with Crippen LogP contribution < -0.4 is 14.8 Å². The molecule has 0 unspecified atom stereocenters. The van der Waals surface area contributed by atoms with Gasteiger partial charge < -0.3 is 10.1 Å². The molecule has 0 fully saturated rings. The lowest BCUT2D eigenvalue weighted by Crippen LogP contribution is -2.24. The summed E-state index contributed by atoms with van der Waals surface area (Å²) >= 11 is 3.10. The maximum Gasteiger partial charge on any atom is 0.258 e. The van der Waals surface area contributed by atoms with Crippen molar-refractivity contribution in [2.75, 3.05) is 12.4 Å². The maximum absolute atomic E-state index is 14.2. The zero-order valence-electron chi connectivity index (χ0n) is 16.2. The second-order valence-electron chi connectivity index (χ2n) is 6.36. The third kappa shape index (κ3) is 5.46. The van der Waals surface area contributed by atoms with Crippen LogP contribution in [0, 0.1) is 11.6 Å². The van der Waals surface area contributed by atoms with Crippen LogP contribution in [0.15, 0.2) is 70.0 Å². The van der Waals surface area contributed by atoms with Crippen molar-refractivity contribution in [3.05, 3.63) is 87.9 Å². The van der Waals surface area contributed by atoms with Gasteiger partial charge in [0.15, 0.2) is 0 Å². The molecule has 0 heterocycles. The van der Waals surface area contributed by atoms with Crippen LogP contribution in [0.25, 0.3) is 0 Å². The number of ether oxygens (including phenoxy) is 1. The van der Waals surface area contributed by atoms with Crippen molar-refractivity contribution in [1.29, 1.82) is 0 Å². The van der Waals surface area contributed by atoms with Gasteiger partial charge in [0.05, 0.1) is 23.3 Å². The molecule has 162 valence electrons. The van der Waals surface area contributed by atoms with Crippen LogP contribution in [-0.2, 0) is 16.6 Å². The number of carbonyl (C=O) groups excluding carboxylic acids is 1. The Hall–Kier alpha value is -2.82. The first-order valence-electron chi connectivity index (χ1n) is 8.89. The van der Waals surface area contributed by atoms with Gasteiger partial charge in [0.1, 0.15) is 17.4 Å². The van der Waals surface area contributed by atoms with Gasteiger partial charge in [-0.25, -0.2) is 21.9 Å². The zero-order valence-corrected chi connectivity index (χ0v) is 18.6. The molecule has 10 heteroatoms. The number of hydrogen-bond donors (Lipinski definition) is 2. The second-order valence-corrected chi connectivity index (χ2v) is 9.04. The van der Waals surface area contributed by atoms with Gasteiger partial charge in [-0.2, -0.15) is 0 Å². The monoisotopic (exact) mass is 510 g/mol. The van der Waals surface area contributed by atoms with E-state index >= 15 is 0 Å². The fraction of sp³-hybridized carbons (Fsp3) is 0.0952. The second kappa shape index (κ2) is 9.54. The smallest absolute Gasteiger partial charge is 0.258 e. The van der Waals surface area contributed by atoms with E-state index in [0.717, 1.165) is 24.3 Å². The van der Waals surface area contributed by atoms with Crippen LogP contribution in [0.1, 0.15) is 15.9 Å². The molecule has 0 aliphatic heterocycles. The zero-order chi connectivity index (χ0) is 22.6. The Balaban J connectivity index is 1.82. The number of benzene rings is 3. The van der Waals surface area contributed by atoms with E-state index < -0.39 is 33.1 Å². The minimum absolute atomic E-state index is 0.0741. The molecule has 0 saturated heterocycles. The third-order valence-corrected chi connectivity index (χ3v) is 6.21. The Morgan fingerprint density at radius 2 is 1.77 bits per heavy atom. The number of para-hydroxylation sites is 1. The van der Waals surface area contributed by atoms with Crippen LogP contribution in [-0.4, -0.2) is 21.4 Å². The van der Waals surface area contributed by atoms with E-state index in [2.05, 4.69) is 26.0 Å². The molecular formula is C21H17BrF2N2O4S. The molecule has 3 aromatic rings. The van der Waals surface area contributed by atoms with Crippen molar-refractivity contribution in [2.24, 2.45) is 0 Å². The average Bonchev–Trinajstić information content (AvgIpc) is 2.74. The Bertz CT molecular complexity index is 1240. The van der Waals surface area contributed by atoms with Crippen LogP contribution in [0.4, 0.5) is 14.5 Å². The molecule has 0 radical (unpaired) electrons. The number of anilines is 1. The lowest BCUT2D eigenvalue weighted by atomic mass is 10.2. The number of amides is 1. The minimum atomic E-state index is -4.08. The van der Waals surface area contributed by atoms with Crippen molar-refractivity contribution in [2.45, 2.75) is 11.4 Å². The molecule has 0 atom stereocenters. The largest absolute Gasteiger partial charge is 0.496 e. The van der Waals surface area contributed by atoms with Gasteiger partial charge in [-0.1, -0.05) is 34.1 Å². The number of hydrogen-bond acceptors (Lipinski definition) is 4. The quantitative estimate of drug-likeness (QED) is 0.491. The molecule has 0 aliphatic rings. The Kier molecular flexibility index (Phi) is 7.04. The summed E-state index contributed by atoms with van der Waals surface area (Å²) in [5.41, 5.74) is -0.114. The molecule has 6 nitrogen and oxygen atoms in total. The van der Waals surface area contributed by atoms with Gasteiger partial charge in [0.2, 0.25) is 10.0 Å². The highest BCUT2D eigenvalue weighted by molar-refractivity contribution is 9.10. The fourth-order valence-corrected chi connectivity index (χ4v) is 4.10. The number of sulfonamides is 1. The minimum Gasteiger partial charge on any atom is -0.496 e. The van der Waals surface area contributed by atoms with Crippen LogP contribution in [0.5, 0.6) is 5.75 Å². The summed E-state index contributed by atoms with van der Waals surface area (Å²) in [5, 5.41) is 2.24. The molecule has 0 aliphatic carbocycles. The SMILES string of the molecule is COc1ccccc1CNS(=O)(=O)c1ccc(F)c(C(=O)Nc2ccc(Br)cc2F)c1. The summed E-state index contributed by atoms with van der Waals surface area (Å²) in [6.45, 7) is -0.0741. The van der Waals surface area contributed by atoms with Crippen molar-refractivity contribution in [1.82, 2.24) is 4.72 Å². The first-order valence-corrected chi connectivity index (χ1v) is 11.2. The topological polar surface area (TPSA) is 84.5 Å². The molecule has 0 saturated carbocycles. The number of nitrogens with one attached hydrogen (secondary N) is 2. The highest BCUT2D eigenvalue weighted by atomic mass is 79.9. The molecular weight excluding hydrogens is 494 g/mol. The van der Waals surface area contributed by atoms with Crippen LogP contribution in [0.2, 0.25) is 0 Å². The van der Waals surface area contributed by atoms with E-state index in [1.807, 2.05) is 0 Å². The lowest BCUT2D eigenvalue weighted by Gasteiger charge is -2.12. The van der Waals surface area contributed by atoms with Gasteiger partial charge in [0.25, 0.3) is 5.91 Å². The highest BCUT2D eigenvalue weighted by Crippen LogP contribution is 2.22. The predicted molar refractivity (Wildman–Crippen MR) is 115 cm³/mol. The number of carbonyl (C=O) groups is 1. The molecule has 31 heavy (non-hydrogen) atoms. The summed E-state index contributed by atoms with van der Waals surface area (Å²) < 4.78 is 61.6. The van der Waals surface area contributed by atoms with E-state index in [9.17, 15) is 22.0 Å². The number of rotatable bonds is 7. The van der Waals surface area contributed by atoms with E-state index in [0.29, 0.717) is 15.8 Å². The standard InChI is InChI=1S/C21H17BrF2N2O4S/c1-30-20-5-3-2-4-13(20)12-25-31(28,29)15-7-8-17(23)16(11-15)21(27)26-19-9-6-14(22)10-18(19)24/h2-11,25H,12H2,1H3,(H,26,27). The average molecular weight is 511 g/mol. The Labute approximate surface area is 186 Å². The first kappa shape index (κ1) is 22.9. The third-order valence-electron chi connectivity index (χ3n) is 4.32. The van der Waals surface area contributed by atoms with Gasteiger partial charge >= 0.3 is 0 Å². The van der Waals surface area contributed by atoms with Crippen molar-refractivity contribution < 1.29 is 26.7 Å². The van der Waals surface area contributed by atoms with Crippen molar-refractivity contribution in [3.63, 3.8) is 0 Å². The van der Waals surface area contributed by atoms with Gasteiger partial charge in [-0.15, -0.1) is 0 Å². The normalized spacial score (nSPS) is 11.2. The van der Waals surface area contributed by atoms with Crippen LogP contribution in [0.3, 0.4) is 0 Å². The highest BCUT2D eigenvalue weighted by Gasteiger charge is 2.20. The van der Waals surface area contributed by atoms with E-state index in [-0.39, 0.29) is 17.1 Å². The summed E-state index contributed by atoms with van der Waals surface area (Å²) in [5.74, 6) is -2.16. The molecule has 3 rings (SSSR count). The van der Waals surface area contributed by atoms with Crippen LogP contribution >= 0.6 is 15.9 Å². The molecule has 0 aromatic heterocycles. The molecule has 3 aromatic carbocycles. The van der Waals surface area contributed by atoms with Gasteiger partial charge in [-0.05, 0) is 42.5 Å². The number of methoxy groups -OCH3 is 1. The number of halogens is 3. The summed E-state index contributed by atoms with van der Waals surface area (Å²) in [7, 11) is -2.61. The Morgan fingerprint density at radius 1 is 1.03 bits per heavy atom. The summed E-state index contributed by atoms with van der Waals surface area (Å²) in [6.07, 6.45) is 0. The van der Waals surface area contributed by atoms with E-state index in [1.54, 1.807) is 24.3 Å². The molecule has 2 N–H and O–H groups in total. The first-order chi connectivity index (χ1) is 14.7. The Morgan fingerprint density at radius 3 is 2.48 bits per heavy atom. The summed E-state index contributed by atoms with van der Waals surface area (Å²) in [4.78, 5) is 12.1. The molecule has 1 amide bonds. The predicted octanol–water partition coefficient (Wildman–Crippen LogP) is 4.47.